The maximum absolute atomic E-state index is 12.1. The van der Waals surface area contributed by atoms with Crippen LogP contribution in [0, 0.1) is 0 Å². The van der Waals surface area contributed by atoms with Crippen molar-refractivity contribution in [2.45, 2.75) is 50.6 Å². The third-order valence-electron chi connectivity index (χ3n) is 4.33. The second-order valence-electron chi connectivity index (χ2n) is 5.91. The summed E-state index contributed by atoms with van der Waals surface area (Å²) in [6.45, 7) is 0.919. The van der Waals surface area contributed by atoms with Crippen molar-refractivity contribution in [3.05, 3.63) is 34.0 Å². The maximum atomic E-state index is 12.1. The van der Waals surface area contributed by atoms with E-state index in [9.17, 15) is 4.79 Å². The number of aromatic nitrogens is 3. The van der Waals surface area contributed by atoms with Gasteiger partial charge in [-0.05, 0) is 37.1 Å². The number of fused-ring (bicyclic) bond motifs is 1. The minimum Gasteiger partial charge on any atom is -0.349 e. The van der Waals surface area contributed by atoms with Crippen molar-refractivity contribution in [1.29, 1.82) is 0 Å². The van der Waals surface area contributed by atoms with Gasteiger partial charge in [-0.25, -0.2) is 0 Å². The Morgan fingerprint density at radius 2 is 2.19 bits per heavy atom. The van der Waals surface area contributed by atoms with Crippen LogP contribution in [0.25, 0.3) is 0 Å². The first-order valence-electron chi connectivity index (χ1n) is 7.56. The fourth-order valence-corrected chi connectivity index (χ4v) is 3.60. The Labute approximate surface area is 127 Å². The van der Waals surface area contributed by atoms with Crippen molar-refractivity contribution < 1.29 is 4.79 Å². The van der Waals surface area contributed by atoms with Gasteiger partial charge in [-0.15, -0.1) is 10.2 Å². The fraction of sp³-hybridized carbons (Fsp3) is 0.533. The van der Waals surface area contributed by atoms with Gasteiger partial charge in [0.05, 0.1) is 0 Å². The van der Waals surface area contributed by atoms with Gasteiger partial charge >= 0.3 is 0 Å². The van der Waals surface area contributed by atoms with Gasteiger partial charge in [-0.1, -0.05) is 0 Å². The molecule has 1 saturated carbocycles. The SMILES string of the molecule is O=C(NC1CCc2nnc(C3CC3)n2CC1)c1ccsc1. The molecule has 1 amide bonds. The maximum Gasteiger partial charge on any atom is 0.252 e. The van der Waals surface area contributed by atoms with Crippen molar-refractivity contribution in [1.82, 2.24) is 20.1 Å². The van der Waals surface area contributed by atoms with Crippen molar-refractivity contribution in [2.75, 3.05) is 0 Å². The van der Waals surface area contributed by atoms with Crippen molar-refractivity contribution in [3.8, 4) is 0 Å². The van der Waals surface area contributed by atoms with Gasteiger partial charge < -0.3 is 9.88 Å². The predicted molar refractivity (Wildman–Crippen MR) is 80.5 cm³/mol. The summed E-state index contributed by atoms with van der Waals surface area (Å²) in [6.07, 6.45) is 5.29. The van der Waals surface area contributed by atoms with Gasteiger partial charge in [0.2, 0.25) is 0 Å². The lowest BCUT2D eigenvalue weighted by atomic mass is 10.1. The number of amides is 1. The molecule has 0 aromatic carbocycles. The van der Waals surface area contributed by atoms with Gasteiger partial charge in [0.15, 0.2) is 0 Å². The van der Waals surface area contributed by atoms with Crippen LogP contribution >= 0.6 is 11.3 Å². The summed E-state index contributed by atoms with van der Waals surface area (Å²) >= 11 is 1.55. The molecule has 5 nitrogen and oxygen atoms in total. The standard InChI is InChI=1S/C15H18N4OS/c20-15(11-6-8-21-9-11)16-12-3-4-13-17-18-14(10-1-2-10)19(13)7-5-12/h6,8-10,12H,1-5,7H2,(H,16,20). The Morgan fingerprint density at radius 3 is 2.95 bits per heavy atom. The zero-order valence-corrected chi connectivity index (χ0v) is 12.6. The lowest BCUT2D eigenvalue weighted by Gasteiger charge is -2.15. The summed E-state index contributed by atoms with van der Waals surface area (Å²) in [5.41, 5.74) is 0.766. The highest BCUT2D eigenvalue weighted by atomic mass is 32.1. The van der Waals surface area contributed by atoms with Crippen LogP contribution in [0.15, 0.2) is 16.8 Å². The molecule has 1 aliphatic heterocycles. The first kappa shape index (κ1) is 13.0. The monoisotopic (exact) mass is 302 g/mol. The van der Waals surface area contributed by atoms with Crippen LogP contribution in [0.3, 0.4) is 0 Å². The highest BCUT2D eigenvalue weighted by Gasteiger charge is 2.31. The summed E-state index contributed by atoms with van der Waals surface area (Å²) in [5, 5.41) is 15.7. The zero-order chi connectivity index (χ0) is 14.2. The molecule has 6 heteroatoms. The molecule has 1 atom stereocenters. The highest BCUT2D eigenvalue weighted by Crippen LogP contribution is 2.39. The van der Waals surface area contributed by atoms with E-state index in [1.807, 2.05) is 16.8 Å². The Kier molecular flexibility index (Phi) is 3.25. The Bertz CT molecular complexity index is 645. The summed E-state index contributed by atoms with van der Waals surface area (Å²) < 4.78 is 2.29. The van der Waals surface area contributed by atoms with Crippen LogP contribution in [0.4, 0.5) is 0 Å². The van der Waals surface area contributed by atoms with Gasteiger partial charge in [0.1, 0.15) is 11.6 Å². The van der Waals surface area contributed by atoms with E-state index in [1.165, 1.54) is 12.8 Å². The summed E-state index contributed by atoms with van der Waals surface area (Å²) in [7, 11) is 0. The van der Waals surface area contributed by atoms with Crippen molar-refractivity contribution in [2.24, 2.45) is 0 Å². The third-order valence-corrected chi connectivity index (χ3v) is 5.02. The number of nitrogens with one attached hydrogen (secondary N) is 1. The number of hydrogen-bond acceptors (Lipinski definition) is 4. The van der Waals surface area contributed by atoms with Crippen molar-refractivity contribution in [3.63, 3.8) is 0 Å². The molecule has 1 unspecified atom stereocenters. The molecule has 4 rings (SSSR count). The number of hydrogen-bond donors (Lipinski definition) is 1. The van der Waals surface area contributed by atoms with Crippen LogP contribution < -0.4 is 5.32 Å². The van der Waals surface area contributed by atoms with Crippen LogP contribution in [0.1, 0.15) is 53.6 Å². The molecule has 1 N–H and O–H groups in total. The van der Waals surface area contributed by atoms with Crippen LogP contribution in [0.2, 0.25) is 0 Å². The number of nitrogens with zero attached hydrogens (tertiary/aromatic N) is 3. The van der Waals surface area contributed by atoms with Gasteiger partial charge in [0, 0.05) is 35.9 Å². The Hall–Kier alpha value is -1.69. The molecule has 0 spiro atoms. The summed E-state index contributed by atoms with van der Waals surface area (Å²) in [6, 6.07) is 2.10. The fourth-order valence-electron chi connectivity index (χ4n) is 2.96. The topological polar surface area (TPSA) is 59.8 Å². The lowest BCUT2D eigenvalue weighted by molar-refractivity contribution is 0.0933. The average molecular weight is 302 g/mol. The molecule has 110 valence electrons. The number of carbonyl (C=O) groups excluding carboxylic acids is 1. The largest absolute Gasteiger partial charge is 0.349 e. The van der Waals surface area contributed by atoms with E-state index in [0.717, 1.165) is 43.0 Å². The normalized spacial score (nSPS) is 21.6. The van der Waals surface area contributed by atoms with Crippen LogP contribution in [-0.4, -0.2) is 26.7 Å². The molecule has 1 fully saturated rings. The molecule has 2 aromatic rings. The zero-order valence-electron chi connectivity index (χ0n) is 11.8. The summed E-state index contributed by atoms with van der Waals surface area (Å²) in [5.74, 6) is 2.92. The van der Waals surface area contributed by atoms with Crippen molar-refractivity contribution >= 4 is 17.2 Å². The van der Waals surface area contributed by atoms with E-state index in [4.69, 9.17) is 0 Å². The smallest absolute Gasteiger partial charge is 0.252 e. The molecule has 0 saturated heterocycles. The molecule has 3 heterocycles. The Morgan fingerprint density at radius 1 is 1.29 bits per heavy atom. The molecule has 0 radical (unpaired) electrons. The molecule has 0 bridgehead atoms. The van der Waals surface area contributed by atoms with E-state index in [-0.39, 0.29) is 11.9 Å². The first-order valence-corrected chi connectivity index (χ1v) is 8.50. The van der Waals surface area contributed by atoms with Gasteiger partial charge in [-0.2, -0.15) is 11.3 Å². The second-order valence-corrected chi connectivity index (χ2v) is 6.69. The van der Waals surface area contributed by atoms with Crippen LogP contribution in [0.5, 0.6) is 0 Å². The summed E-state index contributed by atoms with van der Waals surface area (Å²) in [4.78, 5) is 12.1. The van der Waals surface area contributed by atoms with Crippen LogP contribution in [-0.2, 0) is 13.0 Å². The van der Waals surface area contributed by atoms with E-state index in [1.54, 1.807) is 11.3 Å². The molecule has 1 aliphatic carbocycles. The highest BCUT2D eigenvalue weighted by molar-refractivity contribution is 7.08. The number of thiophene rings is 1. The minimum atomic E-state index is 0.0429. The van der Waals surface area contributed by atoms with Gasteiger partial charge in [0.25, 0.3) is 5.91 Å². The number of aryl methyl sites for hydroxylation is 1. The number of carbonyl (C=O) groups is 1. The Balaban J connectivity index is 1.43. The van der Waals surface area contributed by atoms with E-state index < -0.39 is 0 Å². The molecule has 2 aliphatic rings. The van der Waals surface area contributed by atoms with E-state index >= 15 is 0 Å². The lowest BCUT2D eigenvalue weighted by Crippen LogP contribution is -2.35. The van der Waals surface area contributed by atoms with Gasteiger partial charge in [-0.3, -0.25) is 4.79 Å². The molecular formula is C15H18N4OS. The molecule has 21 heavy (non-hydrogen) atoms. The molecular weight excluding hydrogens is 284 g/mol. The minimum absolute atomic E-state index is 0.0429. The average Bonchev–Trinajstić information content (AvgIpc) is 3.09. The number of rotatable bonds is 3. The second kappa shape index (κ2) is 5.26. The molecule has 2 aromatic heterocycles. The first-order chi connectivity index (χ1) is 10.3. The predicted octanol–water partition coefficient (Wildman–Crippen LogP) is 2.35. The third kappa shape index (κ3) is 2.60. The van der Waals surface area contributed by atoms with E-state index in [2.05, 4.69) is 20.1 Å². The quantitative estimate of drug-likeness (QED) is 0.947. The van der Waals surface area contributed by atoms with E-state index in [0.29, 0.717) is 5.92 Å².